The van der Waals surface area contributed by atoms with Gasteiger partial charge in [0.25, 0.3) is 0 Å². The van der Waals surface area contributed by atoms with Crippen molar-refractivity contribution in [2.45, 2.75) is 10.9 Å². The third-order valence-electron chi connectivity index (χ3n) is 3.02. The third-order valence-corrected chi connectivity index (χ3v) is 4.69. The lowest BCUT2D eigenvalue weighted by molar-refractivity contribution is 0.767. The minimum atomic E-state index is 0.549. The summed E-state index contributed by atoms with van der Waals surface area (Å²) >= 11 is 13.8. The van der Waals surface area contributed by atoms with Gasteiger partial charge in [-0.05, 0) is 17.7 Å². The predicted molar refractivity (Wildman–Crippen MR) is 95.5 cm³/mol. The van der Waals surface area contributed by atoms with Gasteiger partial charge in [-0.25, -0.2) is 0 Å². The van der Waals surface area contributed by atoms with E-state index in [0.29, 0.717) is 20.8 Å². The molecule has 0 N–H and O–H groups in total. The van der Waals surface area contributed by atoms with E-state index in [4.69, 9.17) is 23.2 Å². The van der Waals surface area contributed by atoms with Crippen LogP contribution in [0.1, 0.15) is 11.1 Å². The van der Waals surface area contributed by atoms with Gasteiger partial charge in [0, 0.05) is 11.3 Å². The molecule has 2 aromatic carbocycles. The maximum absolute atomic E-state index is 6.13. The van der Waals surface area contributed by atoms with Gasteiger partial charge in [-0.3, -0.25) is 0 Å². The van der Waals surface area contributed by atoms with Gasteiger partial charge in [-0.15, -0.1) is 10.2 Å². The number of halogens is 2. The highest BCUT2D eigenvalue weighted by atomic mass is 35.5. The molecule has 23 heavy (non-hydrogen) atoms. The second kappa shape index (κ2) is 7.64. The fraction of sp³-hybridized carbons (Fsp3) is 0.0625. The van der Waals surface area contributed by atoms with Crippen LogP contribution in [0.25, 0.3) is 0 Å². The van der Waals surface area contributed by atoms with Crippen molar-refractivity contribution >= 4 is 41.2 Å². The van der Waals surface area contributed by atoms with E-state index in [-0.39, 0.29) is 0 Å². The first-order chi connectivity index (χ1) is 11.2. The first-order valence-corrected chi connectivity index (χ1v) is 8.53. The number of hydrogen-bond donors (Lipinski definition) is 0. The van der Waals surface area contributed by atoms with Crippen molar-refractivity contribution in [3.63, 3.8) is 0 Å². The number of nitrogens with zero attached hydrogens (tertiary/aromatic N) is 4. The number of thioether (sulfide) groups is 1. The Morgan fingerprint density at radius 3 is 2.52 bits per heavy atom. The number of aromatic nitrogens is 3. The Labute approximate surface area is 148 Å². The molecule has 0 unspecified atom stereocenters. The minimum Gasteiger partial charge on any atom is -0.195 e. The monoisotopic (exact) mass is 362 g/mol. The summed E-state index contributed by atoms with van der Waals surface area (Å²) in [5, 5.41) is 14.1. The molecule has 0 aliphatic carbocycles. The minimum absolute atomic E-state index is 0.549. The first-order valence-electron chi connectivity index (χ1n) is 6.79. The molecule has 0 saturated carbocycles. The third kappa shape index (κ3) is 4.13. The number of benzene rings is 2. The fourth-order valence-corrected chi connectivity index (χ4v) is 3.18. The zero-order valence-electron chi connectivity index (χ0n) is 11.9. The zero-order valence-corrected chi connectivity index (χ0v) is 14.3. The van der Waals surface area contributed by atoms with E-state index in [0.717, 1.165) is 5.75 Å². The van der Waals surface area contributed by atoms with Crippen LogP contribution in [-0.2, 0) is 5.75 Å². The molecule has 0 radical (unpaired) electrons. The van der Waals surface area contributed by atoms with E-state index < -0.39 is 0 Å². The molecule has 3 rings (SSSR count). The molecule has 116 valence electrons. The molecular weight excluding hydrogens is 351 g/mol. The van der Waals surface area contributed by atoms with Crippen molar-refractivity contribution in [2.75, 3.05) is 0 Å². The Morgan fingerprint density at radius 1 is 1.04 bits per heavy atom. The molecule has 0 saturated heterocycles. The molecule has 0 bridgehead atoms. The molecule has 0 spiro atoms. The normalized spacial score (nSPS) is 11.2. The van der Waals surface area contributed by atoms with E-state index >= 15 is 0 Å². The first kappa shape index (κ1) is 16.1. The molecule has 0 aliphatic heterocycles. The predicted octanol–water partition coefficient (Wildman–Crippen LogP) is 4.76. The van der Waals surface area contributed by atoms with Gasteiger partial charge in [0.05, 0.1) is 16.3 Å². The molecule has 7 heteroatoms. The average molecular weight is 363 g/mol. The van der Waals surface area contributed by atoms with Crippen LogP contribution in [0.4, 0.5) is 0 Å². The average Bonchev–Trinajstić information content (AvgIpc) is 3.01. The molecule has 0 fully saturated rings. The van der Waals surface area contributed by atoms with Crippen molar-refractivity contribution in [3.05, 3.63) is 76.0 Å². The maximum atomic E-state index is 6.13. The molecule has 1 heterocycles. The van der Waals surface area contributed by atoms with Gasteiger partial charge in [0.15, 0.2) is 0 Å². The SMILES string of the molecule is Clc1cccc(Cl)c1/C=N\n1cnnc1SCc1ccccc1. The second-order valence-corrected chi connectivity index (χ2v) is 6.37. The van der Waals surface area contributed by atoms with Crippen LogP contribution >= 0.6 is 35.0 Å². The van der Waals surface area contributed by atoms with Crippen molar-refractivity contribution in [1.29, 1.82) is 0 Å². The standard InChI is InChI=1S/C16H12Cl2N4S/c17-14-7-4-8-15(18)13(14)9-20-22-11-19-21-16(22)23-10-12-5-2-1-3-6-12/h1-9,11H,10H2/b20-9-. The quantitative estimate of drug-likeness (QED) is 0.485. The summed E-state index contributed by atoms with van der Waals surface area (Å²) in [5.74, 6) is 0.794. The fourth-order valence-electron chi connectivity index (χ4n) is 1.87. The van der Waals surface area contributed by atoms with E-state index in [9.17, 15) is 0 Å². The summed E-state index contributed by atoms with van der Waals surface area (Å²) in [6, 6.07) is 15.5. The Hall–Kier alpha value is -1.82. The van der Waals surface area contributed by atoms with Gasteiger partial charge >= 0.3 is 0 Å². The highest BCUT2D eigenvalue weighted by Gasteiger charge is 2.06. The Morgan fingerprint density at radius 2 is 1.78 bits per heavy atom. The topological polar surface area (TPSA) is 43.1 Å². The molecule has 0 aliphatic rings. The van der Waals surface area contributed by atoms with E-state index in [1.165, 1.54) is 5.56 Å². The van der Waals surface area contributed by atoms with E-state index in [2.05, 4.69) is 27.4 Å². The lowest BCUT2D eigenvalue weighted by Crippen LogP contribution is -1.94. The molecule has 1 aromatic heterocycles. The van der Waals surface area contributed by atoms with Crippen LogP contribution in [0.5, 0.6) is 0 Å². The highest BCUT2D eigenvalue weighted by Crippen LogP contribution is 2.23. The Bertz CT molecular complexity index is 798. The molecule has 3 aromatic rings. The van der Waals surface area contributed by atoms with Gasteiger partial charge in [-0.1, -0.05) is 71.4 Å². The van der Waals surface area contributed by atoms with Gasteiger partial charge in [0.2, 0.25) is 5.16 Å². The summed E-state index contributed by atoms with van der Waals surface area (Å²) in [5.41, 5.74) is 1.88. The number of hydrogen-bond acceptors (Lipinski definition) is 4. The maximum Gasteiger partial charge on any atom is 0.212 e. The second-order valence-electron chi connectivity index (χ2n) is 4.61. The molecule has 0 amide bonds. The summed E-state index contributed by atoms with van der Waals surface area (Å²) < 4.78 is 1.60. The van der Waals surface area contributed by atoms with E-state index in [1.54, 1.807) is 47.2 Å². The summed E-state index contributed by atoms with van der Waals surface area (Å²) in [7, 11) is 0. The molecule has 4 nitrogen and oxygen atoms in total. The largest absolute Gasteiger partial charge is 0.212 e. The van der Waals surface area contributed by atoms with Crippen molar-refractivity contribution in [2.24, 2.45) is 5.10 Å². The van der Waals surface area contributed by atoms with Crippen LogP contribution in [0.3, 0.4) is 0 Å². The summed E-state index contributed by atoms with van der Waals surface area (Å²) in [6.07, 6.45) is 3.16. The van der Waals surface area contributed by atoms with Crippen LogP contribution < -0.4 is 0 Å². The van der Waals surface area contributed by atoms with Crippen molar-refractivity contribution < 1.29 is 0 Å². The van der Waals surface area contributed by atoms with Crippen LogP contribution in [0, 0.1) is 0 Å². The van der Waals surface area contributed by atoms with Crippen LogP contribution in [0.15, 0.2) is 65.1 Å². The Balaban J connectivity index is 1.75. The van der Waals surface area contributed by atoms with Crippen LogP contribution in [0.2, 0.25) is 10.0 Å². The molecule has 0 atom stereocenters. The smallest absolute Gasteiger partial charge is 0.195 e. The lowest BCUT2D eigenvalue weighted by atomic mass is 10.2. The van der Waals surface area contributed by atoms with Crippen molar-refractivity contribution in [1.82, 2.24) is 14.9 Å². The van der Waals surface area contributed by atoms with Crippen molar-refractivity contribution in [3.8, 4) is 0 Å². The number of rotatable bonds is 5. The lowest BCUT2D eigenvalue weighted by Gasteiger charge is -2.02. The van der Waals surface area contributed by atoms with Crippen LogP contribution in [-0.4, -0.2) is 21.1 Å². The summed E-state index contributed by atoms with van der Waals surface area (Å²) in [4.78, 5) is 0. The summed E-state index contributed by atoms with van der Waals surface area (Å²) in [6.45, 7) is 0. The van der Waals surface area contributed by atoms with Gasteiger partial charge < -0.3 is 0 Å². The van der Waals surface area contributed by atoms with Gasteiger partial charge in [-0.2, -0.15) is 9.78 Å². The zero-order chi connectivity index (χ0) is 16.1. The molecular formula is C16H12Cl2N4S. The van der Waals surface area contributed by atoms with E-state index in [1.807, 2.05) is 18.2 Å². The highest BCUT2D eigenvalue weighted by molar-refractivity contribution is 7.98. The Kier molecular flexibility index (Phi) is 5.33. The van der Waals surface area contributed by atoms with Gasteiger partial charge in [0.1, 0.15) is 6.33 Å².